The van der Waals surface area contributed by atoms with Crippen molar-refractivity contribution in [2.24, 2.45) is 0 Å². The van der Waals surface area contributed by atoms with E-state index in [1.165, 1.54) is 5.56 Å². The smallest absolute Gasteiger partial charge is 0.0371 e. The summed E-state index contributed by atoms with van der Waals surface area (Å²) in [6.45, 7) is 1.69. The van der Waals surface area contributed by atoms with Crippen LogP contribution in [0.2, 0.25) is 0 Å². The van der Waals surface area contributed by atoms with Crippen molar-refractivity contribution in [1.82, 2.24) is 9.88 Å². The summed E-state index contributed by atoms with van der Waals surface area (Å²) in [6.07, 6.45) is 3.68. The Balaban J connectivity index is 2.01. The zero-order valence-corrected chi connectivity index (χ0v) is 11.9. The van der Waals surface area contributed by atoms with Crippen molar-refractivity contribution in [2.75, 3.05) is 12.8 Å². The number of halogens is 1. The number of nitrogens with zero attached hydrogens (tertiary/aromatic N) is 2. The van der Waals surface area contributed by atoms with Gasteiger partial charge in [0.25, 0.3) is 0 Å². The predicted molar refractivity (Wildman–Crippen MR) is 78.0 cm³/mol. The van der Waals surface area contributed by atoms with E-state index in [-0.39, 0.29) is 0 Å². The van der Waals surface area contributed by atoms with E-state index < -0.39 is 0 Å². The Morgan fingerprint density at radius 3 is 2.78 bits per heavy atom. The van der Waals surface area contributed by atoms with Gasteiger partial charge in [0.1, 0.15) is 0 Å². The maximum absolute atomic E-state index is 5.99. The number of nitrogen functional groups attached to an aromatic ring is 1. The van der Waals surface area contributed by atoms with E-state index in [2.05, 4.69) is 45.0 Å². The molecule has 0 aliphatic heterocycles. The van der Waals surface area contributed by atoms with Gasteiger partial charge in [0, 0.05) is 35.6 Å². The van der Waals surface area contributed by atoms with Crippen molar-refractivity contribution >= 4 is 21.6 Å². The maximum Gasteiger partial charge on any atom is 0.0371 e. The van der Waals surface area contributed by atoms with E-state index in [0.717, 1.165) is 28.8 Å². The third-order valence-electron chi connectivity index (χ3n) is 2.72. The molecule has 1 aromatic carbocycles. The van der Waals surface area contributed by atoms with Crippen LogP contribution in [0.25, 0.3) is 0 Å². The SMILES string of the molecule is CN(Cc1cccnc1)Cc1ccc(Br)cc1N. The van der Waals surface area contributed by atoms with Gasteiger partial charge in [-0.05, 0) is 36.4 Å². The first-order valence-electron chi connectivity index (χ1n) is 5.76. The van der Waals surface area contributed by atoms with E-state index in [0.29, 0.717) is 0 Å². The fourth-order valence-corrected chi connectivity index (χ4v) is 2.24. The summed E-state index contributed by atoms with van der Waals surface area (Å²) in [5.41, 5.74) is 9.16. The Bertz CT molecular complexity index is 514. The average Bonchev–Trinajstić information content (AvgIpc) is 2.34. The largest absolute Gasteiger partial charge is 0.398 e. The van der Waals surface area contributed by atoms with Crippen LogP contribution in [-0.2, 0) is 13.1 Å². The van der Waals surface area contributed by atoms with E-state index in [1.807, 2.05) is 24.4 Å². The molecule has 0 bridgehead atoms. The normalized spacial score (nSPS) is 10.8. The van der Waals surface area contributed by atoms with Crippen LogP contribution in [-0.4, -0.2) is 16.9 Å². The highest BCUT2D eigenvalue weighted by atomic mass is 79.9. The second-order valence-electron chi connectivity index (χ2n) is 4.38. The standard InChI is InChI=1S/C14H16BrN3/c1-18(9-11-3-2-6-17-8-11)10-12-4-5-13(15)7-14(12)16/h2-8H,9-10,16H2,1H3. The Labute approximate surface area is 116 Å². The summed E-state index contributed by atoms with van der Waals surface area (Å²) in [7, 11) is 2.08. The molecule has 0 aliphatic rings. The van der Waals surface area contributed by atoms with Crippen molar-refractivity contribution in [3.63, 3.8) is 0 Å². The summed E-state index contributed by atoms with van der Waals surface area (Å²) in [4.78, 5) is 6.34. The van der Waals surface area contributed by atoms with E-state index in [4.69, 9.17) is 5.73 Å². The first-order chi connectivity index (χ1) is 8.65. The van der Waals surface area contributed by atoms with Gasteiger partial charge in [-0.25, -0.2) is 0 Å². The molecule has 0 aliphatic carbocycles. The number of hydrogen-bond acceptors (Lipinski definition) is 3. The summed E-state index contributed by atoms with van der Waals surface area (Å²) >= 11 is 3.41. The topological polar surface area (TPSA) is 42.2 Å². The lowest BCUT2D eigenvalue weighted by Crippen LogP contribution is -2.18. The van der Waals surface area contributed by atoms with Gasteiger partial charge in [-0.15, -0.1) is 0 Å². The summed E-state index contributed by atoms with van der Waals surface area (Å²) in [5.74, 6) is 0. The van der Waals surface area contributed by atoms with Crippen LogP contribution in [0.4, 0.5) is 5.69 Å². The van der Waals surface area contributed by atoms with Gasteiger partial charge in [-0.1, -0.05) is 28.1 Å². The molecule has 2 aromatic rings. The highest BCUT2D eigenvalue weighted by Crippen LogP contribution is 2.20. The molecule has 0 fully saturated rings. The molecule has 0 spiro atoms. The second kappa shape index (κ2) is 5.98. The van der Waals surface area contributed by atoms with E-state index in [1.54, 1.807) is 6.20 Å². The Morgan fingerprint density at radius 2 is 2.11 bits per heavy atom. The molecule has 0 radical (unpaired) electrons. The van der Waals surface area contributed by atoms with Crippen molar-refractivity contribution in [3.8, 4) is 0 Å². The molecule has 0 saturated carbocycles. The van der Waals surface area contributed by atoms with Gasteiger partial charge in [0.2, 0.25) is 0 Å². The lowest BCUT2D eigenvalue weighted by Gasteiger charge is -2.17. The minimum absolute atomic E-state index is 0.822. The number of anilines is 1. The number of benzene rings is 1. The molecule has 1 heterocycles. The number of hydrogen-bond donors (Lipinski definition) is 1. The monoisotopic (exact) mass is 305 g/mol. The van der Waals surface area contributed by atoms with Gasteiger partial charge in [-0.3, -0.25) is 9.88 Å². The molecule has 3 nitrogen and oxygen atoms in total. The molecular formula is C14H16BrN3. The van der Waals surface area contributed by atoms with Gasteiger partial charge in [0.05, 0.1) is 0 Å². The van der Waals surface area contributed by atoms with Crippen LogP contribution in [0.5, 0.6) is 0 Å². The van der Waals surface area contributed by atoms with Crippen LogP contribution in [0.3, 0.4) is 0 Å². The van der Waals surface area contributed by atoms with Crippen LogP contribution in [0.1, 0.15) is 11.1 Å². The zero-order valence-electron chi connectivity index (χ0n) is 10.3. The minimum atomic E-state index is 0.822. The Kier molecular flexibility index (Phi) is 4.33. The number of pyridine rings is 1. The van der Waals surface area contributed by atoms with Crippen LogP contribution in [0.15, 0.2) is 47.2 Å². The van der Waals surface area contributed by atoms with Crippen molar-refractivity contribution in [2.45, 2.75) is 13.1 Å². The van der Waals surface area contributed by atoms with Gasteiger partial charge in [0.15, 0.2) is 0 Å². The Hall–Kier alpha value is -1.39. The maximum atomic E-state index is 5.99. The molecule has 2 rings (SSSR count). The lowest BCUT2D eigenvalue weighted by atomic mass is 10.1. The highest BCUT2D eigenvalue weighted by molar-refractivity contribution is 9.10. The highest BCUT2D eigenvalue weighted by Gasteiger charge is 2.05. The molecule has 18 heavy (non-hydrogen) atoms. The third-order valence-corrected chi connectivity index (χ3v) is 3.22. The van der Waals surface area contributed by atoms with Crippen LogP contribution in [0, 0.1) is 0 Å². The molecule has 94 valence electrons. The summed E-state index contributed by atoms with van der Waals surface area (Å²) < 4.78 is 1.01. The van der Waals surface area contributed by atoms with Crippen molar-refractivity contribution in [1.29, 1.82) is 0 Å². The molecule has 0 amide bonds. The molecule has 2 N–H and O–H groups in total. The quantitative estimate of drug-likeness (QED) is 0.883. The number of aromatic nitrogens is 1. The third kappa shape index (κ3) is 3.55. The van der Waals surface area contributed by atoms with Crippen molar-refractivity contribution < 1.29 is 0 Å². The molecule has 1 aromatic heterocycles. The molecule has 0 saturated heterocycles. The van der Waals surface area contributed by atoms with Gasteiger partial charge in [-0.2, -0.15) is 0 Å². The fraction of sp³-hybridized carbons (Fsp3) is 0.214. The van der Waals surface area contributed by atoms with E-state index in [9.17, 15) is 0 Å². The zero-order chi connectivity index (χ0) is 13.0. The molecular weight excluding hydrogens is 290 g/mol. The predicted octanol–water partition coefficient (Wildman–Crippen LogP) is 3.06. The lowest BCUT2D eigenvalue weighted by molar-refractivity contribution is 0.319. The summed E-state index contributed by atoms with van der Waals surface area (Å²) in [5, 5.41) is 0. The van der Waals surface area contributed by atoms with Crippen LogP contribution < -0.4 is 5.73 Å². The van der Waals surface area contributed by atoms with Gasteiger partial charge >= 0.3 is 0 Å². The summed E-state index contributed by atoms with van der Waals surface area (Å²) in [6, 6.07) is 10.0. The van der Waals surface area contributed by atoms with Gasteiger partial charge < -0.3 is 5.73 Å². The Morgan fingerprint density at radius 1 is 1.28 bits per heavy atom. The number of rotatable bonds is 4. The first-order valence-corrected chi connectivity index (χ1v) is 6.56. The van der Waals surface area contributed by atoms with E-state index >= 15 is 0 Å². The second-order valence-corrected chi connectivity index (χ2v) is 5.29. The minimum Gasteiger partial charge on any atom is -0.398 e. The van der Waals surface area contributed by atoms with Crippen LogP contribution >= 0.6 is 15.9 Å². The average molecular weight is 306 g/mol. The van der Waals surface area contributed by atoms with Crippen molar-refractivity contribution in [3.05, 3.63) is 58.3 Å². The molecule has 0 unspecified atom stereocenters. The fourth-order valence-electron chi connectivity index (χ4n) is 1.86. The first kappa shape index (κ1) is 13.1. The molecule has 0 atom stereocenters. The molecule has 4 heteroatoms. The number of nitrogens with two attached hydrogens (primary N) is 1.